The van der Waals surface area contributed by atoms with Crippen LogP contribution in [0.5, 0.6) is 0 Å². The fourth-order valence-corrected chi connectivity index (χ4v) is 3.05. The summed E-state index contributed by atoms with van der Waals surface area (Å²) in [5.41, 5.74) is 0. The predicted octanol–water partition coefficient (Wildman–Crippen LogP) is 3.08. The summed E-state index contributed by atoms with van der Waals surface area (Å²) in [6.45, 7) is 9.06. The van der Waals surface area contributed by atoms with Crippen LogP contribution in [0.25, 0.3) is 0 Å². The average Bonchev–Trinajstić information content (AvgIpc) is 2.02. The van der Waals surface area contributed by atoms with Crippen LogP contribution in [0.3, 0.4) is 0 Å². The molecular formula is C12H24O. The molecule has 0 amide bonds. The molecule has 0 aliphatic heterocycles. The number of hydrogen-bond donors (Lipinski definition) is 1. The Bertz CT molecular complexity index is 143. The standard InChI is InChI=1S/C12H24O/c1-5-9(3)12-10(4)6-8(2)7-11(12)13/h8-13H,5-7H2,1-4H3. The van der Waals surface area contributed by atoms with E-state index in [0.29, 0.717) is 23.7 Å². The molecule has 78 valence electrons. The quantitative estimate of drug-likeness (QED) is 0.699. The highest BCUT2D eigenvalue weighted by Gasteiger charge is 2.35. The lowest BCUT2D eigenvalue weighted by molar-refractivity contribution is -0.0114. The number of aliphatic hydroxyl groups excluding tert-OH is 1. The molecular weight excluding hydrogens is 160 g/mol. The first kappa shape index (κ1) is 11.0. The largest absolute Gasteiger partial charge is 0.393 e. The normalized spacial score (nSPS) is 43.2. The van der Waals surface area contributed by atoms with Gasteiger partial charge in [-0.05, 0) is 36.5 Å². The van der Waals surface area contributed by atoms with Gasteiger partial charge in [0, 0.05) is 0 Å². The van der Waals surface area contributed by atoms with E-state index in [2.05, 4.69) is 27.7 Å². The van der Waals surface area contributed by atoms with Crippen LogP contribution in [0.2, 0.25) is 0 Å². The van der Waals surface area contributed by atoms with Gasteiger partial charge in [0.2, 0.25) is 0 Å². The summed E-state index contributed by atoms with van der Waals surface area (Å²) in [6, 6.07) is 0. The first-order chi connectivity index (χ1) is 6.06. The molecule has 0 spiro atoms. The maximum absolute atomic E-state index is 10.0. The SMILES string of the molecule is CCC(C)C1C(C)CC(C)CC1O. The predicted molar refractivity (Wildman–Crippen MR) is 56.5 cm³/mol. The number of hydrogen-bond acceptors (Lipinski definition) is 1. The molecule has 1 rings (SSSR count). The van der Waals surface area contributed by atoms with Gasteiger partial charge in [-0.15, -0.1) is 0 Å². The lowest BCUT2D eigenvalue weighted by atomic mass is 9.68. The van der Waals surface area contributed by atoms with E-state index in [0.717, 1.165) is 6.42 Å². The van der Waals surface area contributed by atoms with Crippen molar-refractivity contribution in [1.29, 1.82) is 0 Å². The summed E-state index contributed by atoms with van der Waals surface area (Å²) >= 11 is 0. The Kier molecular flexibility index (Phi) is 3.78. The van der Waals surface area contributed by atoms with Crippen molar-refractivity contribution in [3.8, 4) is 0 Å². The fraction of sp³-hybridized carbons (Fsp3) is 1.00. The maximum Gasteiger partial charge on any atom is 0.0576 e. The van der Waals surface area contributed by atoms with Gasteiger partial charge < -0.3 is 5.11 Å². The van der Waals surface area contributed by atoms with Crippen molar-refractivity contribution in [2.24, 2.45) is 23.7 Å². The van der Waals surface area contributed by atoms with E-state index in [1.165, 1.54) is 12.8 Å². The van der Waals surface area contributed by atoms with E-state index in [1.807, 2.05) is 0 Å². The van der Waals surface area contributed by atoms with Crippen molar-refractivity contribution in [3.63, 3.8) is 0 Å². The van der Waals surface area contributed by atoms with Gasteiger partial charge in [-0.1, -0.05) is 34.1 Å². The third kappa shape index (κ3) is 2.46. The second-order valence-electron chi connectivity index (χ2n) is 5.08. The van der Waals surface area contributed by atoms with E-state index >= 15 is 0 Å². The molecule has 5 atom stereocenters. The van der Waals surface area contributed by atoms with E-state index < -0.39 is 0 Å². The molecule has 0 aromatic rings. The minimum absolute atomic E-state index is 0.0475. The Morgan fingerprint density at radius 3 is 2.38 bits per heavy atom. The third-order valence-corrected chi connectivity index (χ3v) is 3.82. The molecule has 0 saturated heterocycles. The van der Waals surface area contributed by atoms with Crippen LogP contribution in [0, 0.1) is 23.7 Å². The molecule has 0 aromatic carbocycles. The van der Waals surface area contributed by atoms with E-state index in [-0.39, 0.29) is 6.10 Å². The lowest BCUT2D eigenvalue weighted by Gasteiger charge is -2.40. The molecule has 1 aliphatic rings. The first-order valence-corrected chi connectivity index (χ1v) is 5.74. The topological polar surface area (TPSA) is 20.2 Å². The van der Waals surface area contributed by atoms with Gasteiger partial charge in [-0.3, -0.25) is 0 Å². The zero-order valence-corrected chi connectivity index (χ0v) is 9.46. The Morgan fingerprint density at radius 2 is 1.92 bits per heavy atom. The van der Waals surface area contributed by atoms with Crippen LogP contribution in [-0.2, 0) is 0 Å². The van der Waals surface area contributed by atoms with Crippen LogP contribution in [0.15, 0.2) is 0 Å². The molecule has 13 heavy (non-hydrogen) atoms. The van der Waals surface area contributed by atoms with E-state index in [9.17, 15) is 5.11 Å². The Morgan fingerprint density at radius 1 is 1.31 bits per heavy atom. The van der Waals surface area contributed by atoms with Crippen LogP contribution in [0.1, 0.15) is 47.0 Å². The van der Waals surface area contributed by atoms with Crippen LogP contribution < -0.4 is 0 Å². The summed E-state index contributed by atoms with van der Waals surface area (Å²) in [5.74, 6) is 2.64. The molecule has 0 aromatic heterocycles. The average molecular weight is 184 g/mol. The van der Waals surface area contributed by atoms with Gasteiger partial charge in [0.1, 0.15) is 0 Å². The Balaban J connectivity index is 2.61. The van der Waals surface area contributed by atoms with E-state index in [1.54, 1.807) is 0 Å². The molecule has 1 fully saturated rings. The van der Waals surface area contributed by atoms with Gasteiger partial charge in [-0.25, -0.2) is 0 Å². The second kappa shape index (κ2) is 4.45. The molecule has 0 heterocycles. The van der Waals surface area contributed by atoms with Gasteiger partial charge in [0.05, 0.1) is 6.10 Å². The van der Waals surface area contributed by atoms with E-state index in [4.69, 9.17) is 0 Å². The van der Waals surface area contributed by atoms with Crippen molar-refractivity contribution in [1.82, 2.24) is 0 Å². The third-order valence-electron chi connectivity index (χ3n) is 3.82. The lowest BCUT2D eigenvalue weighted by Crippen LogP contribution is -2.38. The van der Waals surface area contributed by atoms with Gasteiger partial charge >= 0.3 is 0 Å². The summed E-state index contributed by atoms with van der Waals surface area (Å²) in [5, 5.41) is 10.0. The van der Waals surface area contributed by atoms with Crippen molar-refractivity contribution in [3.05, 3.63) is 0 Å². The molecule has 1 nitrogen and oxygen atoms in total. The van der Waals surface area contributed by atoms with Gasteiger partial charge in [-0.2, -0.15) is 0 Å². The molecule has 1 heteroatoms. The summed E-state index contributed by atoms with van der Waals surface area (Å²) in [7, 11) is 0. The van der Waals surface area contributed by atoms with Crippen LogP contribution in [-0.4, -0.2) is 11.2 Å². The number of rotatable bonds is 2. The van der Waals surface area contributed by atoms with Crippen molar-refractivity contribution in [2.45, 2.75) is 53.1 Å². The maximum atomic E-state index is 10.0. The fourth-order valence-electron chi connectivity index (χ4n) is 3.05. The number of aliphatic hydroxyl groups is 1. The molecule has 0 bridgehead atoms. The van der Waals surface area contributed by atoms with Crippen LogP contribution >= 0.6 is 0 Å². The first-order valence-electron chi connectivity index (χ1n) is 5.74. The minimum atomic E-state index is -0.0475. The molecule has 1 saturated carbocycles. The Labute approximate surface area is 82.5 Å². The van der Waals surface area contributed by atoms with Crippen molar-refractivity contribution < 1.29 is 5.11 Å². The highest BCUT2D eigenvalue weighted by molar-refractivity contribution is 4.85. The van der Waals surface area contributed by atoms with Crippen molar-refractivity contribution in [2.75, 3.05) is 0 Å². The van der Waals surface area contributed by atoms with Crippen LogP contribution in [0.4, 0.5) is 0 Å². The zero-order chi connectivity index (χ0) is 10.0. The minimum Gasteiger partial charge on any atom is -0.393 e. The van der Waals surface area contributed by atoms with Crippen molar-refractivity contribution >= 4 is 0 Å². The highest BCUT2D eigenvalue weighted by Crippen LogP contribution is 2.38. The monoisotopic (exact) mass is 184 g/mol. The Hall–Kier alpha value is -0.0400. The van der Waals surface area contributed by atoms with Gasteiger partial charge in [0.25, 0.3) is 0 Å². The zero-order valence-electron chi connectivity index (χ0n) is 9.46. The molecule has 1 aliphatic carbocycles. The molecule has 5 unspecified atom stereocenters. The summed E-state index contributed by atoms with van der Waals surface area (Å²) in [4.78, 5) is 0. The highest BCUT2D eigenvalue weighted by atomic mass is 16.3. The second-order valence-corrected chi connectivity index (χ2v) is 5.08. The smallest absolute Gasteiger partial charge is 0.0576 e. The summed E-state index contributed by atoms with van der Waals surface area (Å²) < 4.78 is 0. The molecule has 0 radical (unpaired) electrons. The molecule has 1 N–H and O–H groups in total. The van der Waals surface area contributed by atoms with Gasteiger partial charge in [0.15, 0.2) is 0 Å². The summed E-state index contributed by atoms with van der Waals surface area (Å²) in [6.07, 6.45) is 3.46.